The Morgan fingerprint density at radius 2 is 1.93 bits per heavy atom. The van der Waals surface area contributed by atoms with Gasteiger partial charge in [0.05, 0.1) is 25.4 Å². The van der Waals surface area contributed by atoms with Crippen LogP contribution in [0, 0.1) is 3.57 Å². The van der Waals surface area contributed by atoms with E-state index in [1.165, 1.54) is 25.7 Å². The monoisotopic (exact) mass is 515 g/mol. The van der Waals surface area contributed by atoms with Crippen LogP contribution in [0.1, 0.15) is 51.0 Å². The highest BCUT2D eigenvalue weighted by Gasteiger charge is 2.28. The molecule has 27 heavy (non-hydrogen) atoms. The summed E-state index contributed by atoms with van der Waals surface area (Å²) in [6, 6.07) is 5.83. The summed E-state index contributed by atoms with van der Waals surface area (Å²) >= 11 is 2.22. The number of aliphatic hydroxyl groups is 1. The molecule has 0 aliphatic rings. The van der Waals surface area contributed by atoms with Crippen molar-refractivity contribution in [3.8, 4) is 5.75 Å². The Morgan fingerprint density at radius 1 is 1.22 bits per heavy atom. The fourth-order valence-electron chi connectivity index (χ4n) is 2.51. The molecule has 0 aliphatic heterocycles. The summed E-state index contributed by atoms with van der Waals surface area (Å²) in [7, 11) is -4.62. The predicted octanol–water partition coefficient (Wildman–Crippen LogP) is 3.37. The maximum Gasteiger partial charge on any atom is 0.469 e. The molecule has 0 fully saturated rings. The average Bonchev–Trinajstić information content (AvgIpc) is 2.61. The van der Waals surface area contributed by atoms with E-state index in [9.17, 15) is 9.67 Å². The van der Waals surface area contributed by atoms with Gasteiger partial charge in [0.1, 0.15) is 5.75 Å². The Balaban J connectivity index is 2.50. The van der Waals surface area contributed by atoms with Gasteiger partial charge in [0.25, 0.3) is 0 Å². The third-order valence-electron chi connectivity index (χ3n) is 4.27. The van der Waals surface area contributed by atoms with E-state index in [1.54, 1.807) is 0 Å². The van der Waals surface area contributed by atoms with E-state index < -0.39 is 26.6 Å². The molecule has 0 amide bonds. The SMILES string of the molecule is CCCCCCCOc1ccc(CCC(N)(CO)COP(=O)(O)O)c(I)c1. The summed E-state index contributed by atoms with van der Waals surface area (Å²) in [5, 5.41) is 9.47. The first-order valence-electron chi connectivity index (χ1n) is 9.20. The van der Waals surface area contributed by atoms with Gasteiger partial charge in [-0.25, -0.2) is 4.57 Å². The van der Waals surface area contributed by atoms with Crippen molar-refractivity contribution in [2.24, 2.45) is 5.73 Å². The van der Waals surface area contributed by atoms with Crippen molar-refractivity contribution in [3.05, 3.63) is 27.3 Å². The molecule has 0 heterocycles. The molecule has 1 unspecified atom stereocenters. The summed E-state index contributed by atoms with van der Waals surface area (Å²) in [5.74, 6) is 0.824. The molecule has 0 aromatic heterocycles. The Bertz CT molecular complexity index is 612. The molecule has 9 heteroatoms. The predicted molar refractivity (Wildman–Crippen MR) is 114 cm³/mol. The van der Waals surface area contributed by atoms with Crippen molar-refractivity contribution in [1.29, 1.82) is 0 Å². The number of phosphoric acid groups is 1. The zero-order valence-electron chi connectivity index (χ0n) is 15.8. The van der Waals surface area contributed by atoms with Crippen LogP contribution >= 0.6 is 30.4 Å². The zero-order valence-corrected chi connectivity index (χ0v) is 18.8. The second-order valence-electron chi connectivity index (χ2n) is 6.80. The Kier molecular flexibility index (Phi) is 11.4. The summed E-state index contributed by atoms with van der Waals surface area (Å²) < 4.78 is 22.1. The summed E-state index contributed by atoms with van der Waals surface area (Å²) in [6.07, 6.45) is 6.85. The van der Waals surface area contributed by atoms with Crippen LogP contribution in [0.5, 0.6) is 5.75 Å². The number of benzene rings is 1. The molecular formula is C18H31INO6P. The van der Waals surface area contributed by atoms with E-state index in [1.807, 2.05) is 18.2 Å². The minimum absolute atomic E-state index is 0.330. The average molecular weight is 515 g/mol. The normalized spacial score (nSPS) is 14.1. The fraction of sp³-hybridized carbons (Fsp3) is 0.667. The molecule has 1 aromatic carbocycles. The van der Waals surface area contributed by atoms with Crippen molar-refractivity contribution in [3.63, 3.8) is 0 Å². The quantitative estimate of drug-likeness (QED) is 0.170. The molecule has 0 saturated heterocycles. The topological polar surface area (TPSA) is 122 Å². The Labute approximate surface area is 175 Å². The lowest BCUT2D eigenvalue weighted by Gasteiger charge is -2.27. The highest BCUT2D eigenvalue weighted by Crippen LogP contribution is 2.37. The number of halogens is 1. The van der Waals surface area contributed by atoms with Gasteiger partial charge in [-0.3, -0.25) is 4.52 Å². The van der Waals surface area contributed by atoms with Crippen LogP contribution in [-0.2, 0) is 15.5 Å². The van der Waals surface area contributed by atoms with Crippen LogP contribution in [0.2, 0.25) is 0 Å². The van der Waals surface area contributed by atoms with Crippen LogP contribution in [0.3, 0.4) is 0 Å². The minimum Gasteiger partial charge on any atom is -0.494 e. The van der Waals surface area contributed by atoms with Gasteiger partial charge >= 0.3 is 7.82 Å². The van der Waals surface area contributed by atoms with Crippen molar-refractivity contribution in [1.82, 2.24) is 0 Å². The van der Waals surface area contributed by atoms with E-state index >= 15 is 0 Å². The van der Waals surface area contributed by atoms with Gasteiger partial charge in [0.15, 0.2) is 0 Å². The standard InChI is InChI=1S/C18H31INO6P/c1-2-3-4-5-6-11-25-16-8-7-15(17(19)12-16)9-10-18(20,13-21)14-26-27(22,23)24/h7-8,12,21H,2-6,9-11,13-14,20H2,1H3,(H2,22,23,24). The molecule has 156 valence electrons. The molecular weight excluding hydrogens is 484 g/mol. The fourth-order valence-corrected chi connectivity index (χ4v) is 3.69. The smallest absolute Gasteiger partial charge is 0.469 e. The molecule has 0 aliphatic carbocycles. The number of rotatable bonds is 14. The number of hydrogen-bond acceptors (Lipinski definition) is 5. The van der Waals surface area contributed by atoms with Gasteiger partial charge in [-0.15, -0.1) is 0 Å². The molecule has 1 rings (SSSR count). The number of aryl methyl sites for hydroxylation is 1. The molecule has 5 N–H and O–H groups in total. The molecule has 7 nitrogen and oxygen atoms in total. The molecule has 0 saturated carbocycles. The van der Waals surface area contributed by atoms with E-state index in [-0.39, 0.29) is 0 Å². The summed E-state index contributed by atoms with van der Waals surface area (Å²) in [4.78, 5) is 17.6. The van der Waals surface area contributed by atoms with Gasteiger partial charge in [0, 0.05) is 3.57 Å². The second-order valence-corrected chi connectivity index (χ2v) is 9.20. The zero-order chi connectivity index (χ0) is 20.3. The van der Waals surface area contributed by atoms with Gasteiger partial charge < -0.3 is 25.4 Å². The molecule has 0 radical (unpaired) electrons. The molecule has 1 atom stereocenters. The van der Waals surface area contributed by atoms with Gasteiger partial charge in [0.2, 0.25) is 0 Å². The number of hydrogen-bond donors (Lipinski definition) is 4. The summed E-state index contributed by atoms with van der Waals surface area (Å²) in [6.45, 7) is 2.06. The first-order valence-corrected chi connectivity index (χ1v) is 11.8. The number of phosphoric ester groups is 1. The lowest BCUT2D eigenvalue weighted by molar-refractivity contribution is 0.102. The number of aliphatic hydroxyl groups excluding tert-OH is 1. The number of nitrogens with two attached hydrogens (primary N) is 1. The van der Waals surface area contributed by atoms with E-state index in [0.717, 1.165) is 21.3 Å². The van der Waals surface area contributed by atoms with Crippen LogP contribution in [0.4, 0.5) is 0 Å². The second kappa shape index (κ2) is 12.4. The number of unbranched alkanes of at least 4 members (excludes halogenated alkanes) is 4. The summed E-state index contributed by atoms with van der Waals surface area (Å²) in [5.41, 5.74) is 5.82. The molecule has 0 spiro atoms. The molecule has 0 bridgehead atoms. The van der Waals surface area contributed by atoms with Crippen molar-refractivity contribution >= 4 is 30.4 Å². The van der Waals surface area contributed by atoms with Crippen LogP contribution in [0.15, 0.2) is 18.2 Å². The Hall–Kier alpha value is -0.220. The molecule has 1 aromatic rings. The van der Waals surface area contributed by atoms with Crippen molar-refractivity contribution in [2.45, 2.75) is 57.4 Å². The highest BCUT2D eigenvalue weighted by molar-refractivity contribution is 14.1. The van der Waals surface area contributed by atoms with Crippen LogP contribution < -0.4 is 10.5 Å². The maximum absolute atomic E-state index is 10.8. The van der Waals surface area contributed by atoms with E-state index in [4.69, 9.17) is 20.3 Å². The minimum atomic E-state index is -4.62. The number of ether oxygens (including phenoxy) is 1. The third kappa shape index (κ3) is 10.8. The lowest BCUT2D eigenvalue weighted by Crippen LogP contribution is -2.48. The van der Waals surface area contributed by atoms with Crippen LogP contribution in [0.25, 0.3) is 0 Å². The maximum atomic E-state index is 10.8. The largest absolute Gasteiger partial charge is 0.494 e. The van der Waals surface area contributed by atoms with Gasteiger partial charge in [-0.2, -0.15) is 0 Å². The lowest BCUT2D eigenvalue weighted by atomic mass is 9.94. The highest BCUT2D eigenvalue weighted by atomic mass is 127. The van der Waals surface area contributed by atoms with Crippen molar-refractivity contribution < 1.29 is 28.7 Å². The van der Waals surface area contributed by atoms with Gasteiger partial charge in [-0.1, -0.05) is 38.7 Å². The first kappa shape index (κ1) is 24.8. The first-order chi connectivity index (χ1) is 12.7. The van der Waals surface area contributed by atoms with E-state index in [0.29, 0.717) is 19.4 Å². The van der Waals surface area contributed by atoms with E-state index in [2.05, 4.69) is 34.0 Å². The Morgan fingerprint density at radius 3 is 2.52 bits per heavy atom. The van der Waals surface area contributed by atoms with Crippen molar-refractivity contribution in [2.75, 3.05) is 19.8 Å². The van der Waals surface area contributed by atoms with Crippen LogP contribution in [-0.4, -0.2) is 40.3 Å². The third-order valence-corrected chi connectivity index (χ3v) is 5.74. The van der Waals surface area contributed by atoms with Gasteiger partial charge in [-0.05, 0) is 59.5 Å².